The molecule has 0 atom stereocenters. The lowest BCUT2D eigenvalue weighted by Gasteiger charge is -2.13. The second-order valence-corrected chi connectivity index (χ2v) is 7.09. The van der Waals surface area contributed by atoms with E-state index in [1.165, 1.54) is 6.20 Å². The summed E-state index contributed by atoms with van der Waals surface area (Å²) in [6, 6.07) is 10.6. The number of carboxylic acids is 1. The van der Waals surface area contributed by atoms with Gasteiger partial charge in [-0.3, -0.25) is 0 Å². The lowest BCUT2D eigenvalue weighted by molar-refractivity contribution is -0.143. The van der Waals surface area contributed by atoms with Crippen LogP contribution in [-0.4, -0.2) is 21.0 Å². The van der Waals surface area contributed by atoms with Crippen LogP contribution in [0.25, 0.3) is 11.3 Å². The highest BCUT2D eigenvalue weighted by molar-refractivity contribution is 5.94. The van der Waals surface area contributed by atoms with Crippen molar-refractivity contribution in [3.8, 4) is 11.3 Å². The number of aromatic nitrogens is 2. The van der Waals surface area contributed by atoms with E-state index in [-0.39, 0.29) is 23.7 Å². The molecule has 1 aromatic heterocycles. The summed E-state index contributed by atoms with van der Waals surface area (Å²) >= 11 is 0. The molecule has 0 saturated heterocycles. The molecule has 5 nitrogen and oxygen atoms in total. The van der Waals surface area contributed by atoms with Crippen LogP contribution in [0, 0.1) is 0 Å². The van der Waals surface area contributed by atoms with E-state index in [0.717, 1.165) is 18.4 Å². The average molecular weight is 485 g/mol. The molecule has 0 amide bonds. The van der Waals surface area contributed by atoms with Crippen LogP contribution in [0.2, 0.25) is 0 Å². The normalized spacial score (nSPS) is 11.5. The number of hydrogen-bond acceptors (Lipinski definition) is 4. The summed E-state index contributed by atoms with van der Waals surface area (Å²) in [6.07, 6.45) is -6.56. The van der Waals surface area contributed by atoms with Gasteiger partial charge in [0, 0.05) is 24.7 Å². The summed E-state index contributed by atoms with van der Waals surface area (Å²) in [7, 11) is 0. The molecule has 0 saturated carbocycles. The third-order valence-electron chi connectivity index (χ3n) is 4.47. The summed E-state index contributed by atoms with van der Waals surface area (Å²) in [6.45, 7) is 1.66. The molecule has 0 aliphatic heterocycles. The predicted molar refractivity (Wildman–Crippen MR) is 113 cm³/mol. The van der Waals surface area contributed by atoms with Crippen molar-refractivity contribution in [2.45, 2.75) is 38.7 Å². The highest BCUT2D eigenvalue weighted by Crippen LogP contribution is 2.36. The van der Waals surface area contributed by atoms with Gasteiger partial charge in [-0.25, -0.2) is 14.8 Å². The fourth-order valence-corrected chi connectivity index (χ4v) is 2.87. The van der Waals surface area contributed by atoms with Gasteiger partial charge in [0.05, 0.1) is 16.8 Å². The Labute approximate surface area is 191 Å². The molecular weight excluding hydrogens is 464 g/mol. The number of aryl methyl sites for hydroxylation is 1. The van der Waals surface area contributed by atoms with Gasteiger partial charge in [0.25, 0.3) is 0 Å². The average Bonchev–Trinajstić information content (AvgIpc) is 2.78. The zero-order valence-electron chi connectivity index (χ0n) is 17.9. The monoisotopic (exact) mass is 485 g/mol. The Balaban J connectivity index is 0.000000242. The Bertz CT molecular complexity index is 1080. The molecule has 0 fully saturated rings. The second-order valence-electron chi connectivity index (χ2n) is 7.09. The maximum atomic E-state index is 12.3. The van der Waals surface area contributed by atoms with Gasteiger partial charge in [0.1, 0.15) is 11.4 Å². The summed E-state index contributed by atoms with van der Waals surface area (Å²) in [5.74, 6) is -0.321. The fourth-order valence-electron chi connectivity index (χ4n) is 2.87. The van der Waals surface area contributed by atoms with Crippen molar-refractivity contribution < 1.29 is 36.2 Å². The van der Waals surface area contributed by atoms with Gasteiger partial charge >= 0.3 is 18.3 Å². The zero-order valence-corrected chi connectivity index (χ0v) is 17.9. The number of benzene rings is 2. The van der Waals surface area contributed by atoms with Crippen molar-refractivity contribution in [1.29, 1.82) is 0 Å². The number of nitrogens with two attached hydrogens (primary N) is 1. The van der Waals surface area contributed by atoms with Crippen LogP contribution in [0.5, 0.6) is 0 Å². The van der Waals surface area contributed by atoms with Crippen molar-refractivity contribution in [2.75, 3.05) is 0 Å². The summed E-state index contributed by atoms with van der Waals surface area (Å²) in [5, 5.41) is 9.17. The van der Waals surface area contributed by atoms with E-state index in [4.69, 9.17) is 10.8 Å². The van der Waals surface area contributed by atoms with E-state index in [2.05, 4.69) is 9.97 Å². The van der Waals surface area contributed by atoms with Crippen molar-refractivity contribution in [3.63, 3.8) is 0 Å². The molecule has 11 heteroatoms. The molecule has 0 bridgehead atoms. The van der Waals surface area contributed by atoms with Crippen LogP contribution in [0.15, 0.2) is 54.7 Å². The van der Waals surface area contributed by atoms with E-state index < -0.39 is 29.4 Å². The van der Waals surface area contributed by atoms with Crippen LogP contribution in [-0.2, 0) is 25.3 Å². The first-order valence-electron chi connectivity index (χ1n) is 9.99. The van der Waals surface area contributed by atoms with Gasteiger partial charge in [-0.2, -0.15) is 26.3 Å². The number of carbonyl (C=O) groups is 1. The molecule has 2 aromatic carbocycles. The third-order valence-corrected chi connectivity index (χ3v) is 4.47. The van der Waals surface area contributed by atoms with Gasteiger partial charge in [-0.05, 0) is 30.2 Å². The van der Waals surface area contributed by atoms with Gasteiger partial charge in [0.2, 0.25) is 0 Å². The SMILES string of the molecule is CCCc1ncc(C(=O)O)c(-c2ccccc2)n1.NCc1cc(C(F)(F)F)cc(C(F)(F)F)c1. The highest BCUT2D eigenvalue weighted by atomic mass is 19.4. The molecule has 3 rings (SSSR count). The lowest BCUT2D eigenvalue weighted by atomic mass is 10.0. The van der Waals surface area contributed by atoms with Crippen LogP contribution < -0.4 is 5.73 Å². The molecule has 0 spiro atoms. The molecule has 3 aromatic rings. The Hall–Kier alpha value is -3.47. The minimum Gasteiger partial charge on any atom is -0.478 e. The fraction of sp³-hybridized carbons (Fsp3) is 0.261. The minimum atomic E-state index is -4.81. The molecule has 34 heavy (non-hydrogen) atoms. The zero-order chi connectivity index (χ0) is 25.5. The minimum absolute atomic E-state index is 0.0686. The van der Waals surface area contributed by atoms with E-state index >= 15 is 0 Å². The number of hydrogen-bond donors (Lipinski definition) is 2. The number of rotatable bonds is 5. The van der Waals surface area contributed by atoms with Crippen molar-refractivity contribution >= 4 is 5.97 Å². The quantitative estimate of drug-likeness (QED) is 0.434. The molecule has 0 aliphatic carbocycles. The second kappa shape index (κ2) is 11.1. The topological polar surface area (TPSA) is 89.1 Å². The van der Waals surface area contributed by atoms with Gasteiger partial charge in [0.15, 0.2) is 0 Å². The van der Waals surface area contributed by atoms with Crippen molar-refractivity contribution in [3.05, 3.63) is 82.8 Å². The summed E-state index contributed by atoms with van der Waals surface area (Å²) in [4.78, 5) is 19.6. The number of carboxylic acid groups (broad SMARTS) is 1. The summed E-state index contributed by atoms with van der Waals surface area (Å²) in [5.41, 5.74) is 3.57. The van der Waals surface area contributed by atoms with Crippen molar-refractivity contribution in [1.82, 2.24) is 9.97 Å². The molecule has 0 aliphatic rings. The third kappa shape index (κ3) is 7.27. The molecule has 1 heterocycles. The first-order valence-corrected chi connectivity index (χ1v) is 9.99. The Morgan fingerprint density at radius 3 is 1.97 bits per heavy atom. The number of halogens is 6. The van der Waals surface area contributed by atoms with Crippen LogP contribution in [0.4, 0.5) is 26.3 Å². The summed E-state index contributed by atoms with van der Waals surface area (Å²) < 4.78 is 73.6. The van der Waals surface area contributed by atoms with Crippen LogP contribution in [0.1, 0.15) is 46.2 Å². The Morgan fingerprint density at radius 2 is 1.53 bits per heavy atom. The van der Waals surface area contributed by atoms with Gasteiger partial charge in [-0.15, -0.1) is 0 Å². The maximum Gasteiger partial charge on any atom is 0.416 e. The predicted octanol–water partition coefficient (Wildman–Crippen LogP) is 5.98. The Morgan fingerprint density at radius 1 is 0.971 bits per heavy atom. The smallest absolute Gasteiger partial charge is 0.416 e. The van der Waals surface area contributed by atoms with Crippen LogP contribution >= 0.6 is 0 Å². The first-order chi connectivity index (χ1) is 15.9. The molecule has 0 radical (unpaired) electrons. The Kier molecular flexibility index (Phi) is 8.74. The molecule has 0 unspecified atom stereocenters. The number of alkyl halides is 6. The van der Waals surface area contributed by atoms with E-state index in [1.54, 1.807) is 0 Å². The maximum absolute atomic E-state index is 12.3. The molecule has 182 valence electrons. The number of aromatic carboxylic acids is 1. The van der Waals surface area contributed by atoms with Crippen LogP contribution in [0.3, 0.4) is 0 Å². The van der Waals surface area contributed by atoms with E-state index in [9.17, 15) is 31.1 Å². The van der Waals surface area contributed by atoms with Gasteiger partial charge < -0.3 is 10.8 Å². The van der Waals surface area contributed by atoms with E-state index in [0.29, 0.717) is 23.7 Å². The van der Waals surface area contributed by atoms with E-state index in [1.807, 2.05) is 37.3 Å². The van der Waals surface area contributed by atoms with Crippen molar-refractivity contribution in [2.24, 2.45) is 5.73 Å². The largest absolute Gasteiger partial charge is 0.478 e. The lowest BCUT2D eigenvalue weighted by Crippen LogP contribution is -2.12. The first kappa shape index (κ1) is 26.8. The number of nitrogens with zero attached hydrogens (tertiary/aromatic N) is 2. The molecular formula is C23H21F6N3O2. The van der Waals surface area contributed by atoms with Gasteiger partial charge in [-0.1, -0.05) is 37.3 Å². The highest BCUT2D eigenvalue weighted by Gasteiger charge is 2.36. The standard InChI is InChI=1S/C14H14N2O2.C9H7F6N/c1-2-6-12-15-9-11(14(17)18)13(16-12)10-7-4-3-5-8-10;10-8(11,12)6-1-5(4-16)2-7(3-6)9(13,14)15/h3-5,7-9H,2,6H2,1H3,(H,17,18);1-3H,4,16H2. The molecule has 3 N–H and O–H groups in total.